The lowest BCUT2D eigenvalue weighted by Crippen LogP contribution is -2.40. The molecule has 3 aromatic carbocycles. The van der Waals surface area contributed by atoms with Crippen LogP contribution >= 0.6 is 0 Å². The van der Waals surface area contributed by atoms with Crippen molar-refractivity contribution in [3.05, 3.63) is 72.8 Å². The summed E-state index contributed by atoms with van der Waals surface area (Å²) in [6.45, 7) is 2.87. The number of carbonyl (C=O) groups excluding carboxylic acids is 1. The molecule has 0 fully saturated rings. The SMILES string of the molecule is CCC(COc1ccc(N=C=O)cc1)(COc1ccc(OC#N)cc1)COc1ccc(OC#N)cc1. The number of rotatable bonds is 13. The van der Waals surface area contributed by atoms with Gasteiger partial charge in [-0.05, 0) is 79.2 Å². The fourth-order valence-corrected chi connectivity index (χ4v) is 3.12. The van der Waals surface area contributed by atoms with Crippen LogP contribution in [0.2, 0.25) is 0 Å². The first-order valence-electron chi connectivity index (χ1n) is 11.0. The van der Waals surface area contributed by atoms with Gasteiger partial charge >= 0.3 is 0 Å². The van der Waals surface area contributed by atoms with Crippen molar-refractivity contribution in [2.45, 2.75) is 13.3 Å². The topological polar surface area (TPSA) is 123 Å². The van der Waals surface area contributed by atoms with Gasteiger partial charge in [0.15, 0.2) is 0 Å². The van der Waals surface area contributed by atoms with Crippen molar-refractivity contribution in [3.63, 3.8) is 0 Å². The van der Waals surface area contributed by atoms with E-state index in [-0.39, 0.29) is 19.8 Å². The standard InChI is InChI=1S/C27H23N3O6/c1-2-27(15-32-22-5-3-21(4-6-22)30-20-31,16-33-23-7-11-25(12-8-23)35-18-28)17-34-24-9-13-26(14-10-24)36-19-29/h3-14H,2,15-17H2,1H3. The minimum atomic E-state index is -0.538. The molecule has 0 spiro atoms. The van der Waals surface area contributed by atoms with Crippen molar-refractivity contribution in [1.29, 1.82) is 10.5 Å². The van der Waals surface area contributed by atoms with Gasteiger partial charge in [0.1, 0.15) is 48.6 Å². The summed E-state index contributed by atoms with van der Waals surface area (Å²) in [6.07, 6.45) is 5.44. The summed E-state index contributed by atoms with van der Waals surface area (Å²) in [5.74, 6) is 2.65. The Hall–Kier alpha value is -4.98. The molecule has 0 heterocycles. The highest BCUT2D eigenvalue weighted by Gasteiger charge is 2.32. The predicted molar refractivity (Wildman–Crippen MR) is 129 cm³/mol. The quantitative estimate of drug-likeness (QED) is 0.181. The van der Waals surface area contributed by atoms with E-state index in [1.165, 1.54) is 6.08 Å². The van der Waals surface area contributed by atoms with E-state index < -0.39 is 5.41 Å². The Morgan fingerprint density at radius 3 is 1.36 bits per heavy atom. The van der Waals surface area contributed by atoms with Crippen LogP contribution in [0.5, 0.6) is 28.7 Å². The molecule has 0 unspecified atom stereocenters. The Kier molecular flexibility index (Phi) is 9.29. The van der Waals surface area contributed by atoms with Crippen molar-refractivity contribution < 1.29 is 28.5 Å². The van der Waals surface area contributed by atoms with Gasteiger partial charge in [-0.25, -0.2) is 4.79 Å². The van der Waals surface area contributed by atoms with E-state index in [1.807, 2.05) is 6.92 Å². The first-order valence-corrected chi connectivity index (χ1v) is 11.0. The molecule has 0 saturated carbocycles. The molecule has 0 aliphatic carbocycles. The molecule has 0 atom stereocenters. The van der Waals surface area contributed by atoms with Gasteiger partial charge in [0.05, 0.1) is 11.1 Å². The second-order valence-electron chi connectivity index (χ2n) is 7.75. The van der Waals surface area contributed by atoms with Crippen LogP contribution in [0.15, 0.2) is 77.8 Å². The van der Waals surface area contributed by atoms with Crippen LogP contribution in [0.4, 0.5) is 5.69 Å². The van der Waals surface area contributed by atoms with Crippen LogP contribution in [0.25, 0.3) is 0 Å². The van der Waals surface area contributed by atoms with Gasteiger partial charge in [-0.3, -0.25) is 0 Å². The number of isocyanates is 1. The fraction of sp³-hybridized carbons (Fsp3) is 0.222. The minimum Gasteiger partial charge on any atom is -0.493 e. The van der Waals surface area contributed by atoms with Crippen molar-refractivity contribution in [3.8, 4) is 41.3 Å². The van der Waals surface area contributed by atoms with Crippen LogP contribution in [-0.4, -0.2) is 25.9 Å². The molecule has 36 heavy (non-hydrogen) atoms. The highest BCUT2D eigenvalue weighted by Crippen LogP contribution is 2.29. The highest BCUT2D eigenvalue weighted by molar-refractivity contribution is 5.50. The molecule has 0 aliphatic heterocycles. The van der Waals surface area contributed by atoms with E-state index >= 15 is 0 Å². The van der Waals surface area contributed by atoms with Crippen molar-refractivity contribution in [1.82, 2.24) is 0 Å². The predicted octanol–water partition coefficient (Wildman–Crippen LogP) is 5.31. The van der Waals surface area contributed by atoms with Crippen LogP contribution in [0, 0.1) is 28.4 Å². The maximum Gasteiger partial charge on any atom is 0.292 e. The Balaban J connectivity index is 1.73. The summed E-state index contributed by atoms with van der Waals surface area (Å²) in [7, 11) is 0. The Morgan fingerprint density at radius 2 is 1.03 bits per heavy atom. The molecular weight excluding hydrogens is 462 g/mol. The lowest BCUT2D eigenvalue weighted by molar-refractivity contribution is 0.0293. The first-order chi connectivity index (χ1) is 17.6. The Bertz CT molecular complexity index is 1180. The van der Waals surface area contributed by atoms with E-state index in [9.17, 15) is 4.79 Å². The lowest BCUT2D eigenvalue weighted by atomic mass is 9.88. The van der Waals surface area contributed by atoms with Crippen molar-refractivity contribution in [2.75, 3.05) is 19.8 Å². The summed E-state index contributed by atoms with van der Waals surface area (Å²) >= 11 is 0. The molecule has 0 aromatic heterocycles. The third-order valence-electron chi connectivity index (χ3n) is 5.37. The number of nitrogens with zero attached hydrogens (tertiary/aromatic N) is 3. The van der Waals surface area contributed by atoms with E-state index in [2.05, 4.69) is 4.99 Å². The van der Waals surface area contributed by atoms with Crippen LogP contribution in [-0.2, 0) is 4.79 Å². The molecule has 0 aliphatic rings. The zero-order valence-corrected chi connectivity index (χ0v) is 19.5. The second kappa shape index (κ2) is 13.0. The molecule has 0 bridgehead atoms. The summed E-state index contributed by atoms with van der Waals surface area (Å²) in [5, 5.41) is 17.3. The normalized spacial score (nSPS) is 10.2. The minimum absolute atomic E-state index is 0.283. The van der Waals surface area contributed by atoms with Gasteiger partial charge in [0.2, 0.25) is 6.08 Å². The van der Waals surface area contributed by atoms with E-state index in [0.29, 0.717) is 40.9 Å². The second-order valence-corrected chi connectivity index (χ2v) is 7.75. The highest BCUT2D eigenvalue weighted by atomic mass is 16.5. The zero-order chi connectivity index (χ0) is 25.6. The number of hydrogen-bond donors (Lipinski definition) is 0. The lowest BCUT2D eigenvalue weighted by Gasteiger charge is -2.32. The first kappa shape index (κ1) is 25.6. The smallest absolute Gasteiger partial charge is 0.292 e. The van der Waals surface area contributed by atoms with Crippen molar-refractivity contribution in [2.24, 2.45) is 10.4 Å². The Morgan fingerprint density at radius 1 is 0.667 bits per heavy atom. The number of benzene rings is 3. The van der Waals surface area contributed by atoms with E-state index in [1.54, 1.807) is 85.3 Å². The molecule has 3 aromatic rings. The van der Waals surface area contributed by atoms with Gasteiger partial charge in [-0.2, -0.15) is 4.99 Å². The van der Waals surface area contributed by atoms with E-state index in [0.717, 1.165) is 0 Å². The third-order valence-corrected chi connectivity index (χ3v) is 5.37. The summed E-state index contributed by atoms with van der Waals surface area (Å²) < 4.78 is 27.8. The number of aliphatic imine (C=N–C) groups is 1. The molecule has 0 saturated heterocycles. The van der Waals surface area contributed by atoms with E-state index in [4.69, 9.17) is 34.2 Å². The molecule has 9 nitrogen and oxygen atoms in total. The van der Waals surface area contributed by atoms with Crippen molar-refractivity contribution >= 4 is 11.8 Å². The van der Waals surface area contributed by atoms with Gasteiger partial charge in [0.25, 0.3) is 12.5 Å². The Labute approximate surface area is 208 Å². The summed E-state index contributed by atoms with van der Waals surface area (Å²) in [4.78, 5) is 14.0. The number of hydrogen-bond acceptors (Lipinski definition) is 9. The third kappa shape index (κ3) is 7.53. The molecule has 0 amide bonds. The maximum atomic E-state index is 10.4. The van der Waals surface area contributed by atoms with Crippen LogP contribution < -0.4 is 23.7 Å². The molecule has 9 heteroatoms. The molecule has 182 valence electrons. The van der Waals surface area contributed by atoms with Gasteiger partial charge in [-0.15, -0.1) is 10.5 Å². The summed E-state index contributed by atoms with van der Waals surface area (Å²) in [5.41, 5.74) is -0.0538. The van der Waals surface area contributed by atoms with Crippen LogP contribution in [0.1, 0.15) is 13.3 Å². The molecule has 3 rings (SSSR count). The number of ether oxygens (including phenoxy) is 5. The largest absolute Gasteiger partial charge is 0.493 e. The maximum absolute atomic E-state index is 10.4. The van der Waals surface area contributed by atoms with Gasteiger partial charge in [-0.1, -0.05) is 6.92 Å². The molecular formula is C27H23N3O6. The fourth-order valence-electron chi connectivity index (χ4n) is 3.12. The average Bonchev–Trinajstić information content (AvgIpc) is 2.91. The summed E-state index contributed by atoms with van der Waals surface area (Å²) in [6, 6.07) is 20.2. The van der Waals surface area contributed by atoms with Crippen LogP contribution in [0.3, 0.4) is 0 Å². The average molecular weight is 485 g/mol. The number of nitriles is 2. The monoisotopic (exact) mass is 485 g/mol. The molecule has 0 radical (unpaired) electrons. The van der Waals surface area contributed by atoms with Gasteiger partial charge < -0.3 is 23.7 Å². The molecule has 0 N–H and O–H groups in total. The van der Waals surface area contributed by atoms with Gasteiger partial charge in [0, 0.05) is 0 Å². The zero-order valence-electron chi connectivity index (χ0n) is 19.5.